The van der Waals surface area contributed by atoms with Crippen LogP contribution in [0.4, 0.5) is 0 Å². The number of hydrogen-bond acceptors (Lipinski definition) is 7. The number of esters is 1. The van der Waals surface area contributed by atoms with Crippen molar-refractivity contribution >= 4 is 25.0 Å². The zero-order chi connectivity index (χ0) is 18.4. The van der Waals surface area contributed by atoms with E-state index in [1.54, 1.807) is 37.4 Å². The third-order valence-corrected chi connectivity index (χ3v) is 3.98. The molecular formula is C17H20BNO6. The molecular weight excluding hydrogens is 325 g/mol. The number of methoxy groups -OCH3 is 1. The van der Waals surface area contributed by atoms with Crippen molar-refractivity contribution in [2.75, 3.05) is 27.2 Å². The van der Waals surface area contributed by atoms with Gasteiger partial charge in [-0.15, -0.1) is 6.58 Å². The zero-order valence-corrected chi connectivity index (χ0v) is 14.3. The van der Waals surface area contributed by atoms with Gasteiger partial charge in [-0.05, 0) is 19.0 Å². The Morgan fingerprint density at radius 1 is 1.28 bits per heavy atom. The first-order valence-electron chi connectivity index (χ1n) is 7.76. The number of benzene rings is 1. The Hall–Kier alpha value is -2.61. The molecule has 7 nitrogen and oxygen atoms in total. The minimum Gasteiger partial charge on any atom is -0.497 e. The summed E-state index contributed by atoms with van der Waals surface area (Å²) in [4.78, 5) is 38.5. The van der Waals surface area contributed by atoms with E-state index in [9.17, 15) is 14.4 Å². The minimum atomic E-state index is -1.53. The fraction of sp³-hybridized carbons (Fsp3) is 0.353. The fourth-order valence-corrected chi connectivity index (χ4v) is 2.83. The van der Waals surface area contributed by atoms with Gasteiger partial charge in [0.05, 0.1) is 20.2 Å². The number of likely N-dealkylation sites (N-methyl/N-ethyl adjacent to an activating group) is 1. The lowest BCUT2D eigenvalue weighted by molar-refractivity contribution is -0.150. The summed E-state index contributed by atoms with van der Waals surface area (Å²) >= 11 is 0. The highest BCUT2D eigenvalue weighted by Gasteiger charge is 2.59. The molecule has 1 saturated heterocycles. The van der Waals surface area contributed by atoms with Crippen LogP contribution in [0.3, 0.4) is 0 Å². The standard InChI is InChI=1S/C17H20BNO6/c1-4-10-17(16(22)23-3,13-8-6-5-7-9-13)18-24-14(20)11-19(2)12-15(21)25-18/h4-9H,1,10-12H2,2-3H3. The lowest BCUT2D eigenvalue weighted by Crippen LogP contribution is -2.57. The molecule has 0 aromatic heterocycles. The van der Waals surface area contributed by atoms with E-state index >= 15 is 0 Å². The molecule has 132 valence electrons. The van der Waals surface area contributed by atoms with Crippen LogP contribution in [0.15, 0.2) is 43.0 Å². The summed E-state index contributed by atoms with van der Waals surface area (Å²) < 4.78 is 15.7. The molecule has 0 amide bonds. The predicted molar refractivity (Wildman–Crippen MR) is 90.4 cm³/mol. The molecule has 1 aliphatic heterocycles. The summed E-state index contributed by atoms with van der Waals surface area (Å²) in [6, 6.07) is 8.62. The van der Waals surface area contributed by atoms with Crippen LogP contribution < -0.4 is 0 Å². The molecule has 0 spiro atoms. The van der Waals surface area contributed by atoms with Crippen LogP contribution >= 0.6 is 0 Å². The first kappa shape index (κ1) is 18.7. The maximum Gasteiger partial charge on any atom is 0.622 e. The van der Waals surface area contributed by atoms with Gasteiger partial charge in [0.1, 0.15) is 0 Å². The Kier molecular flexibility index (Phi) is 5.98. The molecule has 0 N–H and O–H groups in total. The molecule has 2 rings (SSSR count). The minimum absolute atomic E-state index is 0.0603. The summed E-state index contributed by atoms with van der Waals surface area (Å²) in [5.74, 6) is -1.89. The third-order valence-electron chi connectivity index (χ3n) is 3.98. The van der Waals surface area contributed by atoms with Crippen molar-refractivity contribution in [3.63, 3.8) is 0 Å². The van der Waals surface area contributed by atoms with E-state index in [1.807, 2.05) is 0 Å². The van der Waals surface area contributed by atoms with Crippen LogP contribution in [-0.2, 0) is 33.7 Å². The number of carbonyl (C=O) groups excluding carboxylic acids is 3. The van der Waals surface area contributed by atoms with Gasteiger partial charge in [0.25, 0.3) is 0 Å². The van der Waals surface area contributed by atoms with Crippen molar-refractivity contribution < 1.29 is 28.4 Å². The molecule has 1 aromatic rings. The Labute approximate surface area is 146 Å². The van der Waals surface area contributed by atoms with Crippen molar-refractivity contribution in [3.05, 3.63) is 48.6 Å². The number of nitrogens with zero attached hydrogens (tertiary/aromatic N) is 1. The van der Waals surface area contributed by atoms with Gasteiger partial charge >= 0.3 is 25.0 Å². The molecule has 25 heavy (non-hydrogen) atoms. The number of hydrogen-bond donors (Lipinski definition) is 0. The topological polar surface area (TPSA) is 82.1 Å². The fourth-order valence-electron chi connectivity index (χ4n) is 2.83. The largest absolute Gasteiger partial charge is 0.622 e. The molecule has 1 heterocycles. The third kappa shape index (κ3) is 3.91. The van der Waals surface area contributed by atoms with Crippen molar-refractivity contribution in [3.8, 4) is 0 Å². The molecule has 1 unspecified atom stereocenters. The van der Waals surface area contributed by atoms with Crippen LogP contribution in [0.1, 0.15) is 12.0 Å². The van der Waals surface area contributed by atoms with E-state index in [1.165, 1.54) is 18.1 Å². The Morgan fingerprint density at radius 2 is 1.84 bits per heavy atom. The summed E-state index contributed by atoms with van der Waals surface area (Å²) in [5.41, 5.74) is 0.501. The molecule has 8 heteroatoms. The average Bonchev–Trinajstić information content (AvgIpc) is 2.57. The second-order valence-corrected chi connectivity index (χ2v) is 5.81. The second kappa shape index (κ2) is 7.98. The van der Waals surface area contributed by atoms with Gasteiger partial charge in [0, 0.05) is 0 Å². The summed E-state index contributed by atoms with van der Waals surface area (Å²) in [7, 11) is 1.37. The Balaban J connectivity index is 2.56. The quantitative estimate of drug-likeness (QED) is 0.442. The maximum absolute atomic E-state index is 12.7. The van der Waals surface area contributed by atoms with E-state index < -0.39 is 30.3 Å². The summed E-state index contributed by atoms with van der Waals surface area (Å²) in [5, 5.41) is -1.53. The lowest BCUT2D eigenvalue weighted by Gasteiger charge is -2.34. The molecule has 1 fully saturated rings. The average molecular weight is 345 g/mol. The molecule has 0 bridgehead atoms. The SMILES string of the molecule is C=CCC(B1OC(=O)CN(C)CC(=O)O1)(C(=O)OC)c1ccccc1. The van der Waals surface area contributed by atoms with Crippen LogP contribution in [0, 0.1) is 0 Å². The monoisotopic (exact) mass is 345 g/mol. The summed E-state index contributed by atoms with van der Waals surface area (Å²) in [6.07, 6.45) is 1.56. The van der Waals surface area contributed by atoms with Crippen LogP contribution in [0.5, 0.6) is 0 Å². The smallest absolute Gasteiger partial charge is 0.497 e. The zero-order valence-electron chi connectivity index (χ0n) is 14.3. The molecule has 1 aromatic carbocycles. The predicted octanol–water partition coefficient (Wildman–Crippen LogP) is 0.733. The van der Waals surface area contributed by atoms with Gasteiger partial charge in [-0.3, -0.25) is 19.3 Å². The normalized spacial score (nSPS) is 18.2. The van der Waals surface area contributed by atoms with Crippen molar-refractivity contribution in [1.82, 2.24) is 4.90 Å². The second-order valence-electron chi connectivity index (χ2n) is 5.81. The summed E-state index contributed by atoms with van der Waals surface area (Å²) in [6.45, 7) is 3.49. The number of rotatable bonds is 5. The number of ether oxygens (including phenoxy) is 1. The van der Waals surface area contributed by atoms with Gasteiger partial charge in [0.2, 0.25) is 0 Å². The maximum atomic E-state index is 12.7. The van der Waals surface area contributed by atoms with E-state index in [0.717, 1.165) is 0 Å². The van der Waals surface area contributed by atoms with Gasteiger partial charge in [0.15, 0.2) is 5.31 Å². The first-order valence-corrected chi connectivity index (χ1v) is 7.76. The molecule has 1 aliphatic rings. The van der Waals surface area contributed by atoms with Crippen LogP contribution in [-0.4, -0.2) is 57.2 Å². The van der Waals surface area contributed by atoms with Crippen molar-refractivity contribution in [2.24, 2.45) is 0 Å². The number of carbonyl (C=O) groups is 3. The van der Waals surface area contributed by atoms with E-state index in [-0.39, 0.29) is 19.5 Å². The molecule has 1 atom stereocenters. The van der Waals surface area contributed by atoms with Gasteiger partial charge < -0.3 is 14.0 Å². The highest BCUT2D eigenvalue weighted by atomic mass is 16.6. The van der Waals surface area contributed by atoms with E-state index in [4.69, 9.17) is 14.0 Å². The van der Waals surface area contributed by atoms with Gasteiger partial charge in [-0.2, -0.15) is 0 Å². The molecule has 0 saturated carbocycles. The van der Waals surface area contributed by atoms with Crippen molar-refractivity contribution in [2.45, 2.75) is 11.7 Å². The van der Waals surface area contributed by atoms with Crippen LogP contribution in [0.2, 0.25) is 0 Å². The van der Waals surface area contributed by atoms with E-state index in [2.05, 4.69) is 6.58 Å². The van der Waals surface area contributed by atoms with Gasteiger partial charge in [-0.25, -0.2) is 0 Å². The highest BCUT2D eigenvalue weighted by Crippen LogP contribution is 2.34. The Bertz CT molecular complexity index is 644. The molecule has 0 aliphatic carbocycles. The lowest BCUT2D eigenvalue weighted by atomic mass is 9.51. The van der Waals surface area contributed by atoms with E-state index in [0.29, 0.717) is 5.56 Å². The van der Waals surface area contributed by atoms with Crippen LogP contribution in [0.25, 0.3) is 0 Å². The molecule has 0 radical (unpaired) electrons. The van der Waals surface area contributed by atoms with Crippen molar-refractivity contribution in [1.29, 1.82) is 0 Å². The Morgan fingerprint density at radius 3 is 2.32 bits per heavy atom. The number of allylic oxidation sites excluding steroid dienone is 1. The first-order chi connectivity index (χ1) is 11.9. The van der Waals surface area contributed by atoms with Gasteiger partial charge in [-0.1, -0.05) is 36.4 Å². The highest BCUT2D eigenvalue weighted by molar-refractivity contribution is 6.58.